The summed E-state index contributed by atoms with van der Waals surface area (Å²) in [6.45, 7) is 0. The summed E-state index contributed by atoms with van der Waals surface area (Å²) in [6, 6.07) is 7.96. The number of benzene rings is 1. The quantitative estimate of drug-likeness (QED) is 0.866. The van der Waals surface area contributed by atoms with Crippen LogP contribution in [0.25, 0.3) is 11.3 Å². The monoisotopic (exact) mass is 298 g/mol. The molecular weight excluding hydrogens is 292 g/mol. The number of thiocarbonyl (C=S) groups is 1. The van der Waals surface area contributed by atoms with E-state index in [-0.39, 0.29) is 0 Å². The van der Waals surface area contributed by atoms with Gasteiger partial charge in [-0.1, -0.05) is 40.3 Å². The fourth-order valence-corrected chi connectivity index (χ4v) is 2.44. The van der Waals surface area contributed by atoms with Crippen LogP contribution in [0.4, 0.5) is 0 Å². The van der Waals surface area contributed by atoms with Crippen LogP contribution >= 0.6 is 39.5 Å². The van der Waals surface area contributed by atoms with Crippen molar-refractivity contribution in [3.05, 3.63) is 39.1 Å². The predicted molar refractivity (Wildman–Crippen MR) is 71.1 cm³/mol. The van der Waals surface area contributed by atoms with Crippen LogP contribution in [0.15, 0.2) is 34.1 Å². The van der Waals surface area contributed by atoms with Gasteiger partial charge < -0.3 is 5.73 Å². The van der Waals surface area contributed by atoms with Crippen LogP contribution in [-0.2, 0) is 0 Å². The van der Waals surface area contributed by atoms with Gasteiger partial charge in [0.1, 0.15) is 4.99 Å². The fourth-order valence-electron chi connectivity index (χ4n) is 1.17. The van der Waals surface area contributed by atoms with Crippen molar-refractivity contribution in [1.82, 2.24) is 4.98 Å². The molecule has 0 saturated heterocycles. The summed E-state index contributed by atoms with van der Waals surface area (Å²) in [5, 5.41) is 2.66. The molecule has 2 aromatic rings. The highest BCUT2D eigenvalue weighted by Crippen LogP contribution is 2.24. The van der Waals surface area contributed by atoms with Crippen molar-refractivity contribution < 1.29 is 0 Å². The Kier molecular flexibility index (Phi) is 3.14. The van der Waals surface area contributed by atoms with Gasteiger partial charge in [0.2, 0.25) is 0 Å². The molecule has 2 nitrogen and oxygen atoms in total. The molecule has 0 bridgehead atoms. The molecule has 0 radical (unpaired) electrons. The summed E-state index contributed by atoms with van der Waals surface area (Å²) in [6.07, 6.45) is 0. The van der Waals surface area contributed by atoms with Crippen molar-refractivity contribution >= 4 is 44.5 Å². The molecule has 1 aromatic heterocycles. The average molecular weight is 299 g/mol. The number of hydrogen-bond acceptors (Lipinski definition) is 3. The van der Waals surface area contributed by atoms with Gasteiger partial charge in [-0.25, -0.2) is 4.98 Å². The summed E-state index contributed by atoms with van der Waals surface area (Å²) < 4.78 is 1.03. The Hall–Kier alpha value is -0.780. The number of halogens is 1. The molecule has 1 aromatic carbocycles. The molecule has 0 amide bonds. The van der Waals surface area contributed by atoms with E-state index in [4.69, 9.17) is 18.0 Å². The van der Waals surface area contributed by atoms with Crippen LogP contribution in [0.5, 0.6) is 0 Å². The molecule has 2 N–H and O–H groups in total. The maximum absolute atomic E-state index is 5.51. The van der Waals surface area contributed by atoms with Crippen molar-refractivity contribution in [3.63, 3.8) is 0 Å². The van der Waals surface area contributed by atoms with E-state index in [1.807, 2.05) is 29.6 Å². The lowest BCUT2D eigenvalue weighted by Crippen LogP contribution is -2.08. The molecule has 76 valence electrons. The summed E-state index contributed by atoms with van der Waals surface area (Å²) in [5.41, 5.74) is 7.47. The van der Waals surface area contributed by atoms with Gasteiger partial charge in [0.05, 0.1) is 5.69 Å². The van der Waals surface area contributed by atoms with Crippen LogP contribution in [0, 0.1) is 0 Å². The van der Waals surface area contributed by atoms with E-state index >= 15 is 0 Å². The topological polar surface area (TPSA) is 38.9 Å². The minimum Gasteiger partial charge on any atom is -0.387 e. The number of aromatic nitrogens is 1. The first-order chi connectivity index (χ1) is 7.16. The van der Waals surface area contributed by atoms with Gasteiger partial charge in [-0.05, 0) is 12.1 Å². The Morgan fingerprint density at radius 3 is 2.87 bits per heavy atom. The SMILES string of the molecule is NC(=S)c1nc(-c2cccc(Br)c2)cs1. The molecule has 0 unspecified atom stereocenters. The summed E-state index contributed by atoms with van der Waals surface area (Å²) in [4.78, 5) is 4.70. The van der Waals surface area contributed by atoms with E-state index < -0.39 is 0 Å². The average Bonchev–Trinajstić information content (AvgIpc) is 2.66. The van der Waals surface area contributed by atoms with E-state index in [9.17, 15) is 0 Å². The normalized spacial score (nSPS) is 10.2. The molecule has 2 rings (SSSR count). The maximum atomic E-state index is 5.51. The summed E-state index contributed by atoms with van der Waals surface area (Å²) >= 11 is 9.75. The third kappa shape index (κ3) is 2.42. The largest absolute Gasteiger partial charge is 0.387 e. The molecule has 0 aliphatic heterocycles. The molecule has 0 aliphatic carbocycles. The number of rotatable bonds is 2. The number of nitrogens with two attached hydrogens (primary N) is 1. The summed E-state index contributed by atoms with van der Waals surface area (Å²) in [7, 11) is 0. The van der Waals surface area contributed by atoms with Gasteiger partial charge in [-0.3, -0.25) is 0 Å². The van der Waals surface area contributed by atoms with Gasteiger partial charge in [0.25, 0.3) is 0 Å². The van der Waals surface area contributed by atoms with E-state index in [0.717, 1.165) is 15.7 Å². The van der Waals surface area contributed by atoms with Crippen molar-refractivity contribution in [3.8, 4) is 11.3 Å². The predicted octanol–water partition coefficient (Wildman–Crippen LogP) is 3.21. The third-order valence-corrected chi connectivity index (χ3v) is 3.53. The Bertz CT molecular complexity index is 508. The molecule has 1 heterocycles. The van der Waals surface area contributed by atoms with E-state index in [0.29, 0.717) is 10.00 Å². The highest BCUT2D eigenvalue weighted by molar-refractivity contribution is 9.10. The van der Waals surface area contributed by atoms with Gasteiger partial charge >= 0.3 is 0 Å². The lowest BCUT2D eigenvalue weighted by molar-refractivity contribution is 1.38. The molecule has 0 spiro atoms. The van der Waals surface area contributed by atoms with Crippen molar-refractivity contribution in [1.29, 1.82) is 0 Å². The Morgan fingerprint density at radius 1 is 1.47 bits per heavy atom. The number of nitrogens with zero attached hydrogens (tertiary/aromatic N) is 1. The second-order valence-corrected chi connectivity index (χ2v) is 5.13. The Morgan fingerprint density at radius 2 is 2.27 bits per heavy atom. The first-order valence-electron chi connectivity index (χ1n) is 4.18. The highest BCUT2D eigenvalue weighted by atomic mass is 79.9. The second-order valence-electron chi connectivity index (χ2n) is 2.91. The molecule has 0 atom stereocenters. The number of hydrogen-bond donors (Lipinski definition) is 1. The lowest BCUT2D eigenvalue weighted by Gasteiger charge is -1.96. The van der Waals surface area contributed by atoms with Crippen LogP contribution in [-0.4, -0.2) is 9.97 Å². The van der Waals surface area contributed by atoms with Gasteiger partial charge in [0, 0.05) is 15.4 Å². The molecule has 5 heteroatoms. The van der Waals surface area contributed by atoms with Crippen molar-refractivity contribution in [2.24, 2.45) is 5.73 Å². The molecule has 0 saturated carbocycles. The smallest absolute Gasteiger partial charge is 0.151 e. The minimum atomic E-state index is 0.348. The highest BCUT2D eigenvalue weighted by Gasteiger charge is 2.06. The van der Waals surface area contributed by atoms with E-state index in [2.05, 4.69) is 20.9 Å². The molecule has 0 aliphatic rings. The number of thiazole rings is 1. The van der Waals surface area contributed by atoms with E-state index in [1.54, 1.807) is 0 Å². The van der Waals surface area contributed by atoms with Crippen LogP contribution in [0.3, 0.4) is 0 Å². The first-order valence-corrected chi connectivity index (χ1v) is 6.26. The zero-order valence-electron chi connectivity index (χ0n) is 7.61. The molecule has 0 fully saturated rings. The minimum absolute atomic E-state index is 0.348. The van der Waals surface area contributed by atoms with Crippen molar-refractivity contribution in [2.75, 3.05) is 0 Å². The second kappa shape index (κ2) is 4.38. The van der Waals surface area contributed by atoms with Crippen molar-refractivity contribution in [2.45, 2.75) is 0 Å². The third-order valence-electron chi connectivity index (χ3n) is 1.84. The van der Waals surface area contributed by atoms with Crippen LogP contribution < -0.4 is 5.73 Å². The van der Waals surface area contributed by atoms with E-state index in [1.165, 1.54) is 11.3 Å². The zero-order chi connectivity index (χ0) is 10.8. The Labute approximate surface area is 105 Å². The zero-order valence-corrected chi connectivity index (χ0v) is 10.8. The van der Waals surface area contributed by atoms with Crippen LogP contribution in [0.1, 0.15) is 5.01 Å². The first kappa shape index (κ1) is 10.7. The lowest BCUT2D eigenvalue weighted by atomic mass is 10.2. The van der Waals surface area contributed by atoms with Gasteiger partial charge in [-0.15, -0.1) is 11.3 Å². The standard InChI is InChI=1S/C10H7BrN2S2/c11-7-3-1-2-6(4-7)8-5-15-10(13-8)9(12)14/h1-5H,(H2,12,14). The molecule has 15 heavy (non-hydrogen) atoms. The van der Waals surface area contributed by atoms with Gasteiger partial charge in [0.15, 0.2) is 5.01 Å². The van der Waals surface area contributed by atoms with Gasteiger partial charge in [-0.2, -0.15) is 0 Å². The maximum Gasteiger partial charge on any atom is 0.151 e. The Balaban J connectivity index is 2.41. The fraction of sp³-hybridized carbons (Fsp3) is 0. The molecular formula is C10H7BrN2S2. The summed E-state index contributed by atoms with van der Waals surface area (Å²) in [5.74, 6) is 0. The van der Waals surface area contributed by atoms with Crippen LogP contribution in [0.2, 0.25) is 0 Å².